The van der Waals surface area contributed by atoms with Crippen LogP contribution in [0, 0.1) is 0 Å². The molecule has 2 aromatic rings. The maximum absolute atomic E-state index is 12.8. The second kappa shape index (κ2) is 8.73. The van der Waals surface area contributed by atoms with E-state index in [1.165, 1.54) is 36.4 Å². The maximum atomic E-state index is 12.8. The average molecular weight is 456 g/mol. The number of amidine groups is 1. The predicted octanol–water partition coefficient (Wildman–Crippen LogP) is 3.73. The highest BCUT2D eigenvalue weighted by atomic mass is 35.5. The summed E-state index contributed by atoms with van der Waals surface area (Å²) in [6.45, 7) is 0.756. The molecule has 0 atom stereocenters. The van der Waals surface area contributed by atoms with Gasteiger partial charge in [0.2, 0.25) is 0 Å². The molecule has 3 rings (SSSR count). The molecule has 10 heteroatoms. The molecule has 1 heterocycles. The molecule has 156 valence electrons. The number of anilines is 1. The highest BCUT2D eigenvalue weighted by Gasteiger charge is 2.21. The largest absolute Gasteiger partial charge is 0.362 e. The molecular weight excluding hydrogens is 434 g/mol. The Kier molecular flexibility index (Phi) is 6.50. The number of nitrogens with one attached hydrogen (secondary N) is 1. The molecule has 0 aliphatic carbocycles. The van der Waals surface area contributed by atoms with Gasteiger partial charge in [-0.2, -0.15) is 8.42 Å². The lowest BCUT2D eigenvalue weighted by Crippen LogP contribution is -2.26. The van der Waals surface area contributed by atoms with Gasteiger partial charge in [0.25, 0.3) is 20.0 Å². The molecular formula is C19H22ClN3O4S2. The molecule has 1 saturated heterocycles. The van der Waals surface area contributed by atoms with Crippen molar-refractivity contribution in [3.05, 3.63) is 53.6 Å². The summed E-state index contributed by atoms with van der Waals surface area (Å²) in [7, 11) is -6.12. The third-order valence-electron chi connectivity index (χ3n) is 4.57. The fourth-order valence-electron chi connectivity index (χ4n) is 3.03. The summed E-state index contributed by atoms with van der Waals surface area (Å²) in [6, 6.07) is 11.6. The van der Waals surface area contributed by atoms with Crippen molar-refractivity contribution < 1.29 is 16.8 Å². The summed E-state index contributed by atoms with van der Waals surface area (Å²) in [6.07, 6.45) is 3.50. The quantitative estimate of drug-likeness (QED) is 0.740. The van der Waals surface area contributed by atoms with E-state index in [2.05, 4.69) is 9.12 Å². The minimum absolute atomic E-state index is 0.0755. The van der Waals surface area contributed by atoms with E-state index in [4.69, 9.17) is 11.6 Å². The molecule has 0 bridgehead atoms. The number of hydrogen-bond acceptors (Lipinski definition) is 4. The highest BCUT2D eigenvalue weighted by Crippen LogP contribution is 2.25. The van der Waals surface area contributed by atoms with Gasteiger partial charge in [-0.15, -0.1) is 4.40 Å². The Balaban J connectivity index is 1.90. The molecule has 0 spiro atoms. The van der Waals surface area contributed by atoms with Crippen molar-refractivity contribution in [2.75, 3.05) is 18.3 Å². The summed E-state index contributed by atoms with van der Waals surface area (Å²) in [4.78, 5) is 1.69. The van der Waals surface area contributed by atoms with E-state index >= 15 is 0 Å². The SMILES string of the molecule is CN1CCCCC/C1=N/S(=O)(=O)c1cccc(NS(=O)(=O)c2ccccc2Cl)c1. The first-order chi connectivity index (χ1) is 13.7. The molecule has 29 heavy (non-hydrogen) atoms. The second-order valence-electron chi connectivity index (χ2n) is 6.78. The van der Waals surface area contributed by atoms with Gasteiger partial charge in [-0.25, -0.2) is 8.42 Å². The van der Waals surface area contributed by atoms with E-state index in [1.54, 1.807) is 12.1 Å². The fraction of sp³-hybridized carbons (Fsp3) is 0.316. The lowest BCUT2D eigenvalue weighted by Gasteiger charge is -2.17. The third-order valence-corrected chi connectivity index (χ3v) is 7.75. The number of halogens is 1. The first-order valence-electron chi connectivity index (χ1n) is 9.11. The van der Waals surface area contributed by atoms with Crippen molar-refractivity contribution >= 4 is 43.2 Å². The van der Waals surface area contributed by atoms with Crippen LogP contribution in [-0.2, 0) is 20.0 Å². The Labute approximate surface area is 176 Å². The van der Waals surface area contributed by atoms with Crippen LogP contribution in [-0.4, -0.2) is 41.2 Å². The van der Waals surface area contributed by atoms with Crippen molar-refractivity contribution in [3.8, 4) is 0 Å². The maximum Gasteiger partial charge on any atom is 0.284 e. The standard InChI is InChI=1S/C19H22ClN3O4S2/c1-23-13-6-2-3-12-19(23)22-28(24,25)16-9-7-8-15(14-16)21-29(26,27)18-11-5-4-10-17(18)20/h4-5,7-11,14,21H,2-3,6,12-13H2,1H3/b22-19-. The first-order valence-corrected chi connectivity index (χ1v) is 12.4. The molecule has 0 saturated carbocycles. The fourth-order valence-corrected chi connectivity index (χ4v) is 5.74. The van der Waals surface area contributed by atoms with Crippen molar-refractivity contribution in [1.82, 2.24) is 4.90 Å². The van der Waals surface area contributed by atoms with E-state index in [0.29, 0.717) is 12.3 Å². The van der Waals surface area contributed by atoms with Crippen molar-refractivity contribution in [3.63, 3.8) is 0 Å². The van der Waals surface area contributed by atoms with Crippen LogP contribution in [0.25, 0.3) is 0 Å². The smallest absolute Gasteiger partial charge is 0.284 e. The van der Waals surface area contributed by atoms with Crippen LogP contribution in [0.4, 0.5) is 5.69 Å². The van der Waals surface area contributed by atoms with Crippen molar-refractivity contribution in [1.29, 1.82) is 0 Å². The number of likely N-dealkylation sites (tertiary alicyclic amines) is 1. The lowest BCUT2D eigenvalue weighted by molar-refractivity contribution is 0.494. The van der Waals surface area contributed by atoms with Crippen LogP contribution < -0.4 is 4.72 Å². The predicted molar refractivity (Wildman–Crippen MR) is 114 cm³/mol. The third kappa shape index (κ3) is 5.29. The summed E-state index contributed by atoms with van der Waals surface area (Å²) in [5.74, 6) is 0.518. The van der Waals surface area contributed by atoms with Crippen LogP contribution in [0.15, 0.2) is 62.7 Å². The molecule has 0 amide bonds. The normalized spacial score (nSPS) is 17.2. The van der Waals surface area contributed by atoms with Gasteiger partial charge in [-0.05, 0) is 43.2 Å². The molecule has 0 radical (unpaired) electrons. The van der Waals surface area contributed by atoms with Gasteiger partial charge < -0.3 is 4.90 Å². The van der Waals surface area contributed by atoms with E-state index in [0.717, 1.165) is 25.8 Å². The van der Waals surface area contributed by atoms with E-state index in [-0.39, 0.29) is 20.5 Å². The number of rotatable bonds is 5. The van der Waals surface area contributed by atoms with Crippen LogP contribution in [0.1, 0.15) is 25.7 Å². The Bertz CT molecular complexity index is 1130. The van der Waals surface area contributed by atoms with Gasteiger partial charge in [-0.1, -0.05) is 36.2 Å². The second-order valence-corrected chi connectivity index (χ2v) is 10.4. The average Bonchev–Trinajstić information content (AvgIpc) is 2.86. The number of benzene rings is 2. The zero-order valence-corrected chi connectivity index (χ0v) is 18.3. The van der Waals surface area contributed by atoms with E-state index < -0.39 is 20.0 Å². The highest BCUT2D eigenvalue weighted by molar-refractivity contribution is 7.93. The zero-order valence-electron chi connectivity index (χ0n) is 15.9. The molecule has 1 N–H and O–H groups in total. The van der Waals surface area contributed by atoms with Gasteiger partial charge in [0.05, 0.1) is 15.6 Å². The molecule has 2 aromatic carbocycles. The summed E-state index contributed by atoms with van der Waals surface area (Å²) < 4.78 is 57.2. The van der Waals surface area contributed by atoms with E-state index in [9.17, 15) is 16.8 Å². The monoisotopic (exact) mass is 455 g/mol. The number of hydrogen-bond donors (Lipinski definition) is 1. The zero-order chi connectivity index (χ0) is 21.1. The van der Waals surface area contributed by atoms with Crippen molar-refractivity contribution in [2.24, 2.45) is 4.40 Å². The Morgan fingerprint density at radius 3 is 2.52 bits per heavy atom. The number of nitrogens with zero attached hydrogens (tertiary/aromatic N) is 2. The Hall–Kier alpha value is -2.10. The molecule has 1 aliphatic heterocycles. The summed E-state index contributed by atoms with van der Waals surface area (Å²) >= 11 is 5.98. The van der Waals surface area contributed by atoms with Crippen LogP contribution in [0.5, 0.6) is 0 Å². The van der Waals surface area contributed by atoms with Gasteiger partial charge in [-0.3, -0.25) is 4.72 Å². The molecule has 0 unspecified atom stereocenters. The van der Waals surface area contributed by atoms with Crippen LogP contribution >= 0.6 is 11.6 Å². The minimum Gasteiger partial charge on any atom is -0.362 e. The number of sulfonamides is 2. The summed E-state index contributed by atoms with van der Waals surface area (Å²) in [5, 5.41) is 0.0755. The van der Waals surface area contributed by atoms with Gasteiger partial charge in [0.15, 0.2) is 0 Å². The molecule has 1 fully saturated rings. The molecule has 7 nitrogen and oxygen atoms in total. The van der Waals surface area contributed by atoms with Gasteiger partial charge in [0.1, 0.15) is 10.7 Å². The van der Waals surface area contributed by atoms with E-state index in [1.807, 2.05) is 11.9 Å². The minimum atomic E-state index is -3.97. The van der Waals surface area contributed by atoms with Gasteiger partial charge >= 0.3 is 0 Å². The Morgan fingerprint density at radius 1 is 1.00 bits per heavy atom. The molecule has 1 aliphatic rings. The van der Waals surface area contributed by atoms with Gasteiger partial charge in [0, 0.05) is 20.0 Å². The van der Waals surface area contributed by atoms with Crippen LogP contribution in [0.3, 0.4) is 0 Å². The topological polar surface area (TPSA) is 95.9 Å². The molecule has 0 aromatic heterocycles. The summed E-state index contributed by atoms with van der Waals surface area (Å²) in [5.41, 5.74) is 0.111. The first kappa shape index (κ1) is 21.6. The lowest BCUT2D eigenvalue weighted by atomic mass is 10.2. The van der Waals surface area contributed by atoms with Crippen molar-refractivity contribution in [2.45, 2.75) is 35.5 Å². The van der Waals surface area contributed by atoms with Crippen LogP contribution in [0.2, 0.25) is 5.02 Å². The Morgan fingerprint density at radius 2 is 1.76 bits per heavy atom.